The molecule has 0 fully saturated rings. The van der Waals surface area contributed by atoms with Gasteiger partial charge in [0.25, 0.3) is 0 Å². The van der Waals surface area contributed by atoms with E-state index in [1.807, 2.05) is 30.6 Å². The third kappa shape index (κ3) is 1.82. The molecule has 1 aromatic heterocycles. The number of aromatic nitrogens is 2. The van der Waals surface area contributed by atoms with E-state index in [0.717, 1.165) is 36.8 Å². The number of hydrogen-bond donors (Lipinski definition) is 1. The van der Waals surface area contributed by atoms with Gasteiger partial charge in [0.1, 0.15) is 18.2 Å². The molecule has 104 valence electrons. The van der Waals surface area contributed by atoms with Crippen molar-refractivity contribution >= 4 is 0 Å². The van der Waals surface area contributed by atoms with E-state index >= 15 is 0 Å². The summed E-state index contributed by atoms with van der Waals surface area (Å²) in [6, 6.07) is 8.29. The van der Waals surface area contributed by atoms with Crippen LogP contribution in [-0.4, -0.2) is 33.6 Å². The van der Waals surface area contributed by atoms with Crippen molar-refractivity contribution in [1.29, 1.82) is 0 Å². The van der Waals surface area contributed by atoms with Crippen molar-refractivity contribution in [1.82, 2.24) is 14.5 Å². The summed E-state index contributed by atoms with van der Waals surface area (Å²) >= 11 is 0. The second kappa shape index (κ2) is 4.61. The Morgan fingerprint density at radius 1 is 1.25 bits per heavy atom. The van der Waals surface area contributed by atoms with Gasteiger partial charge in [-0.2, -0.15) is 0 Å². The molecular formula is C15H18N4O. The Labute approximate surface area is 118 Å². The highest BCUT2D eigenvalue weighted by atomic mass is 16.5. The molecule has 20 heavy (non-hydrogen) atoms. The lowest BCUT2D eigenvalue weighted by atomic mass is 9.95. The molecule has 4 rings (SSSR count). The number of benzene rings is 1. The van der Waals surface area contributed by atoms with Crippen LogP contribution in [-0.2, 0) is 13.1 Å². The molecule has 0 saturated heterocycles. The van der Waals surface area contributed by atoms with Gasteiger partial charge in [-0.15, -0.1) is 0 Å². The molecule has 2 N–H and O–H groups in total. The minimum atomic E-state index is 0.00135. The van der Waals surface area contributed by atoms with Crippen molar-refractivity contribution in [3.05, 3.63) is 48.0 Å². The summed E-state index contributed by atoms with van der Waals surface area (Å²) in [4.78, 5) is 6.80. The van der Waals surface area contributed by atoms with Crippen molar-refractivity contribution < 1.29 is 4.74 Å². The molecule has 2 aromatic rings. The molecule has 3 heterocycles. The maximum absolute atomic E-state index is 6.47. The lowest BCUT2D eigenvalue weighted by molar-refractivity contribution is 0.0743. The van der Waals surface area contributed by atoms with Crippen LogP contribution in [0.25, 0.3) is 0 Å². The first kappa shape index (κ1) is 11.9. The van der Waals surface area contributed by atoms with Gasteiger partial charge in [0.2, 0.25) is 0 Å². The molecule has 0 bridgehead atoms. The third-order valence-electron chi connectivity index (χ3n) is 4.35. The van der Waals surface area contributed by atoms with Gasteiger partial charge in [-0.3, -0.25) is 4.90 Å². The van der Waals surface area contributed by atoms with Crippen LogP contribution in [0.5, 0.6) is 5.75 Å². The van der Waals surface area contributed by atoms with Crippen molar-refractivity contribution in [2.45, 2.75) is 25.2 Å². The standard InChI is InChI=1S/C15H18N4O/c16-15-11-3-1-2-4-13(11)20-10-12(15)19-8-7-18-6-5-17-14(18)9-19/h1-6,12,15H,7-10,16H2. The van der Waals surface area contributed by atoms with Gasteiger partial charge < -0.3 is 15.0 Å². The number of rotatable bonds is 1. The van der Waals surface area contributed by atoms with Crippen molar-refractivity contribution in [2.24, 2.45) is 5.73 Å². The summed E-state index contributed by atoms with van der Waals surface area (Å²) in [5.41, 5.74) is 7.58. The van der Waals surface area contributed by atoms with Crippen LogP contribution in [0, 0.1) is 0 Å². The molecule has 0 saturated carbocycles. The zero-order valence-electron chi connectivity index (χ0n) is 11.3. The minimum absolute atomic E-state index is 0.00135. The molecule has 1 aromatic carbocycles. The first-order chi connectivity index (χ1) is 9.83. The second-order valence-corrected chi connectivity index (χ2v) is 5.45. The van der Waals surface area contributed by atoms with Crippen LogP contribution in [0.2, 0.25) is 0 Å². The molecule has 2 unspecified atom stereocenters. The molecule has 0 spiro atoms. The quantitative estimate of drug-likeness (QED) is 0.845. The molecule has 0 aliphatic carbocycles. The minimum Gasteiger partial charge on any atom is -0.492 e. The highest BCUT2D eigenvalue weighted by Crippen LogP contribution is 2.33. The zero-order chi connectivity index (χ0) is 13.5. The number of hydrogen-bond acceptors (Lipinski definition) is 4. The highest BCUT2D eigenvalue weighted by molar-refractivity contribution is 5.38. The summed E-state index contributed by atoms with van der Waals surface area (Å²) < 4.78 is 8.09. The van der Waals surface area contributed by atoms with Gasteiger partial charge in [0, 0.05) is 31.0 Å². The van der Waals surface area contributed by atoms with Gasteiger partial charge in [0.05, 0.1) is 18.6 Å². The van der Waals surface area contributed by atoms with E-state index in [0.29, 0.717) is 6.61 Å². The van der Waals surface area contributed by atoms with Gasteiger partial charge in [-0.1, -0.05) is 18.2 Å². The molecule has 0 amide bonds. The summed E-state index contributed by atoms with van der Waals surface area (Å²) in [7, 11) is 0. The number of nitrogens with two attached hydrogens (primary N) is 1. The number of ether oxygens (including phenoxy) is 1. The highest BCUT2D eigenvalue weighted by Gasteiger charge is 2.34. The van der Waals surface area contributed by atoms with E-state index in [1.54, 1.807) is 0 Å². The average Bonchev–Trinajstić information content (AvgIpc) is 2.95. The van der Waals surface area contributed by atoms with Crippen LogP contribution in [0.15, 0.2) is 36.7 Å². The largest absolute Gasteiger partial charge is 0.492 e. The van der Waals surface area contributed by atoms with Crippen molar-refractivity contribution in [3.8, 4) is 5.75 Å². The van der Waals surface area contributed by atoms with Crippen molar-refractivity contribution in [2.75, 3.05) is 13.2 Å². The molecule has 2 atom stereocenters. The summed E-state index contributed by atoms with van der Waals surface area (Å²) in [5.74, 6) is 2.04. The maximum atomic E-state index is 6.47. The van der Waals surface area contributed by atoms with Gasteiger partial charge in [0.15, 0.2) is 0 Å². The Hall–Kier alpha value is -1.85. The Kier molecular flexibility index (Phi) is 2.75. The van der Waals surface area contributed by atoms with E-state index in [1.165, 1.54) is 0 Å². The van der Waals surface area contributed by atoms with E-state index in [2.05, 4.69) is 20.5 Å². The first-order valence-electron chi connectivity index (χ1n) is 7.04. The number of para-hydroxylation sites is 1. The Morgan fingerprint density at radius 3 is 3.10 bits per heavy atom. The lowest BCUT2D eigenvalue weighted by Crippen LogP contribution is -2.51. The summed E-state index contributed by atoms with van der Waals surface area (Å²) in [6.07, 6.45) is 3.91. The zero-order valence-corrected chi connectivity index (χ0v) is 11.3. The van der Waals surface area contributed by atoms with Gasteiger partial charge in [-0.25, -0.2) is 4.98 Å². The summed E-state index contributed by atoms with van der Waals surface area (Å²) in [5, 5.41) is 0. The SMILES string of the molecule is NC1c2ccccc2OCC1N1CCn2ccnc2C1. The Morgan fingerprint density at radius 2 is 2.15 bits per heavy atom. The fourth-order valence-corrected chi connectivity index (χ4v) is 3.18. The molecule has 2 aliphatic rings. The molecular weight excluding hydrogens is 252 g/mol. The topological polar surface area (TPSA) is 56.3 Å². The van der Waals surface area contributed by atoms with Gasteiger partial charge in [-0.05, 0) is 6.07 Å². The normalized spacial score (nSPS) is 25.6. The fraction of sp³-hybridized carbons (Fsp3) is 0.400. The second-order valence-electron chi connectivity index (χ2n) is 5.45. The van der Waals surface area contributed by atoms with Crippen LogP contribution < -0.4 is 10.5 Å². The summed E-state index contributed by atoms with van der Waals surface area (Å²) in [6.45, 7) is 3.46. The number of nitrogens with zero attached hydrogens (tertiary/aromatic N) is 3. The van der Waals surface area contributed by atoms with E-state index in [-0.39, 0.29) is 12.1 Å². The predicted octanol–water partition coefficient (Wildman–Crippen LogP) is 1.16. The lowest BCUT2D eigenvalue weighted by Gasteiger charge is -2.40. The Bertz CT molecular complexity index is 624. The Balaban J connectivity index is 1.59. The average molecular weight is 270 g/mol. The molecule has 5 nitrogen and oxygen atoms in total. The monoisotopic (exact) mass is 270 g/mol. The number of imidazole rings is 1. The third-order valence-corrected chi connectivity index (χ3v) is 4.35. The molecule has 5 heteroatoms. The molecule has 0 radical (unpaired) electrons. The maximum Gasteiger partial charge on any atom is 0.124 e. The van der Waals surface area contributed by atoms with E-state index in [9.17, 15) is 0 Å². The first-order valence-corrected chi connectivity index (χ1v) is 7.04. The van der Waals surface area contributed by atoms with Crippen LogP contribution in [0.4, 0.5) is 0 Å². The van der Waals surface area contributed by atoms with Crippen LogP contribution in [0.1, 0.15) is 17.4 Å². The molecule has 2 aliphatic heterocycles. The predicted molar refractivity (Wildman–Crippen MR) is 75.3 cm³/mol. The fourth-order valence-electron chi connectivity index (χ4n) is 3.18. The van der Waals surface area contributed by atoms with Crippen molar-refractivity contribution in [3.63, 3.8) is 0 Å². The van der Waals surface area contributed by atoms with E-state index in [4.69, 9.17) is 10.5 Å². The van der Waals surface area contributed by atoms with Crippen LogP contribution in [0.3, 0.4) is 0 Å². The van der Waals surface area contributed by atoms with Gasteiger partial charge >= 0.3 is 0 Å². The number of fused-ring (bicyclic) bond motifs is 2. The van der Waals surface area contributed by atoms with Crippen LogP contribution >= 0.6 is 0 Å². The van der Waals surface area contributed by atoms with E-state index < -0.39 is 0 Å². The smallest absolute Gasteiger partial charge is 0.124 e.